The second-order valence-corrected chi connectivity index (χ2v) is 5.89. The lowest BCUT2D eigenvalue weighted by atomic mass is 10.1. The van der Waals surface area contributed by atoms with Gasteiger partial charge in [-0.15, -0.1) is 0 Å². The molecule has 3 rings (SSSR count). The first-order valence-corrected chi connectivity index (χ1v) is 8.22. The van der Waals surface area contributed by atoms with Gasteiger partial charge in [-0.05, 0) is 48.4 Å². The molecule has 3 aromatic rings. The van der Waals surface area contributed by atoms with E-state index in [1.807, 2.05) is 37.3 Å². The second-order valence-electron chi connectivity index (χ2n) is 5.89. The molecule has 2 amide bonds. The zero-order valence-corrected chi connectivity index (χ0v) is 14.4. The fourth-order valence-electron chi connectivity index (χ4n) is 2.41. The van der Waals surface area contributed by atoms with Gasteiger partial charge in [0.1, 0.15) is 0 Å². The van der Waals surface area contributed by atoms with E-state index in [2.05, 4.69) is 15.6 Å². The summed E-state index contributed by atoms with van der Waals surface area (Å²) in [6.45, 7) is 2.28. The first-order chi connectivity index (χ1) is 12.6. The lowest BCUT2D eigenvalue weighted by molar-refractivity contribution is -0.120. The molecule has 6 nitrogen and oxygen atoms in total. The summed E-state index contributed by atoms with van der Waals surface area (Å²) in [5.74, 6) is -0.154. The van der Waals surface area contributed by atoms with Crippen LogP contribution < -0.4 is 10.6 Å². The van der Waals surface area contributed by atoms with Crippen LogP contribution in [0.1, 0.15) is 27.4 Å². The number of hydrogen-bond donors (Lipinski definition) is 2. The third-order valence-corrected chi connectivity index (χ3v) is 3.76. The van der Waals surface area contributed by atoms with E-state index >= 15 is 0 Å². The lowest BCUT2D eigenvalue weighted by Crippen LogP contribution is -2.24. The van der Waals surface area contributed by atoms with E-state index in [-0.39, 0.29) is 24.0 Å². The highest BCUT2D eigenvalue weighted by atomic mass is 16.3. The van der Waals surface area contributed by atoms with Gasteiger partial charge in [-0.1, -0.05) is 18.2 Å². The van der Waals surface area contributed by atoms with Crippen LogP contribution in [0, 0.1) is 6.92 Å². The Labute approximate surface area is 151 Å². The Morgan fingerprint density at radius 2 is 1.96 bits per heavy atom. The predicted molar refractivity (Wildman–Crippen MR) is 97.6 cm³/mol. The summed E-state index contributed by atoms with van der Waals surface area (Å²) < 4.78 is 5.07. The van der Waals surface area contributed by atoms with Crippen LogP contribution in [0.4, 0.5) is 5.69 Å². The molecule has 0 atom stereocenters. The van der Waals surface area contributed by atoms with Gasteiger partial charge in [0.2, 0.25) is 5.91 Å². The van der Waals surface area contributed by atoms with E-state index in [1.165, 1.54) is 6.26 Å². The molecule has 0 aliphatic carbocycles. The van der Waals surface area contributed by atoms with E-state index in [0.29, 0.717) is 12.2 Å². The van der Waals surface area contributed by atoms with Crippen molar-refractivity contribution >= 4 is 17.5 Å². The molecule has 0 saturated carbocycles. The van der Waals surface area contributed by atoms with Crippen LogP contribution in [0.15, 0.2) is 65.4 Å². The van der Waals surface area contributed by atoms with Crippen molar-refractivity contribution in [3.8, 4) is 0 Å². The third-order valence-electron chi connectivity index (χ3n) is 3.76. The number of nitrogens with one attached hydrogen (secondary N) is 2. The van der Waals surface area contributed by atoms with Crippen molar-refractivity contribution in [2.75, 3.05) is 5.32 Å². The van der Waals surface area contributed by atoms with Crippen LogP contribution in [0.5, 0.6) is 0 Å². The minimum absolute atomic E-state index is 0.0827. The fraction of sp³-hybridized carbons (Fsp3) is 0.150. The predicted octanol–water partition coefficient (Wildman–Crippen LogP) is 3.09. The lowest BCUT2D eigenvalue weighted by Gasteiger charge is -2.08. The van der Waals surface area contributed by atoms with Gasteiger partial charge in [-0.25, -0.2) is 0 Å². The SMILES string of the molecule is Cc1ccc(CC(=O)NCc2cccc(NC(=O)c3ccco3)c2)cn1. The third kappa shape index (κ3) is 4.80. The molecule has 2 heterocycles. The molecule has 0 spiro atoms. The van der Waals surface area contributed by atoms with Crippen LogP contribution in [-0.2, 0) is 17.8 Å². The average Bonchev–Trinajstić information content (AvgIpc) is 3.17. The molecule has 0 fully saturated rings. The normalized spacial score (nSPS) is 10.3. The van der Waals surface area contributed by atoms with Crippen LogP contribution in [-0.4, -0.2) is 16.8 Å². The van der Waals surface area contributed by atoms with Crippen molar-refractivity contribution in [2.24, 2.45) is 0 Å². The molecule has 1 aromatic carbocycles. The molecule has 2 N–H and O–H groups in total. The van der Waals surface area contributed by atoms with Crippen LogP contribution in [0.2, 0.25) is 0 Å². The van der Waals surface area contributed by atoms with Crippen LogP contribution in [0.25, 0.3) is 0 Å². The number of nitrogens with zero attached hydrogens (tertiary/aromatic N) is 1. The van der Waals surface area contributed by atoms with Gasteiger partial charge in [-0.2, -0.15) is 0 Å². The van der Waals surface area contributed by atoms with Crippen molar-refractivity contribution in [1.29, 1.82) is 0 Å². The maximum Gasteiger partial charge on any atom is 0.291 e. The van der Waals surface area contributed by atoms with E-state index in [4.69, 9.17) is 4.42 Å². The molecule has 0 aliphatic heterocycles. The molecule has 0 saturated heterocycles. The van der Waals surface area contributed by atoms with Crippen molar-refractivity contribution in [1.82, 2.24) is 10.3 Å². The molecule has 26 heavy (non-hydrogen) atoms. The van der Waals surface area contributed by atoms with Gasteiger partial charge >= 0.3 is 0 Å². The van der Waals surface area contributed by atoms with Gasteiger partial charge in [-0.3, -0.25) is 14.6 Å². The van der Waals surface area contributed by atoms with Gasteiger partial charge in [0.25, 0.3) is 5.91 Å². The first-order valence-electron chi connectivity index (χ1n) is 8.22. The molecule has 2 aromatic heterocycles. The summed E-state index contributed by atoms with van der Waals surface area (Å²) in [5, 5.41) is 5.64. The van der Waals surface area contributed by atoms with Crippen molar-refractivity contribution in [3.63, 3.8) is 0 Å². The Hall–Kier alpha value is -3.41. The highest BCUT2D eigenvalue weighted by Gasteiger charge is 2.09. The number of carbonyl (C=O) groups is 2. The minimum atomic E-state index is -0.317. The van der Waals surface area contributed by atoms with Gasteiger partial charge in [0.05, 0.1) is 12.7 Å². The highest BCUT2D eigenvalue weighted by molar-refractivity contribution is 6.02. The molecule has 0 unspecified atom stereocenters. The second kappa shape index (κ2) is 8.11. The number of aromatic nitrogens is 1. The van der Waals surface area contributed by atoms with Gasteiger partial charge in [0.15, 0.2) is 5.76 Å². The van der Waals surface area contributed by atoms with E-state index < -0.39 is 0 Å². The number of amides is 2. The van der Waals surface area contributed by atoms with E-state index in [0.717, 1.165) is 16.8 Å². The Bertz CT molecular complexity index is 887. The standard InChI is InChI=1S/C20H19N3O3/c1-14-7-8-16(12-21-14)11-19(24)22-13-15-4-2-5-17(10-15)23-20(25)18-6-3-9-26-18/h2-10,12H,11,13H2,1H3,(H,22,24)(H,23,25). The summed E-state index contributed by atoms with van der Waals surface area (Å²) in [5.41, 5.74) is 3.31. The molecule has 132 valence electrons. The molecule has 0 bridgehead atoms. The van der Waals surface area contributed by atoms with E-state index in [1.54, 1.807) is 24.4 Å². The number of aryl methyl sites for hydroxylation is 1. The molecular formula is C20H19N3O3. The molecule has 0 radical (unpaired) electrons. The van der Waals surface area contributed by atoms with Crippen molar-refractivity contribution in [2.45, 2.75) is 19.9 Å². The maximum atomic E-state index is 12.1. The monoisotopic (exact) mass is 349 g/mol. The smallest absolute Gasteiger partial charge is 0.291 e. The van der Waals surface area contributed by atoms with Gasteiger partial charge in [0, 0.05) is 24.1 Å². The molecule has 0 aliphatic rings. The van der Waals surface area contributed by atoms with Crippen molar-refractivity contribution < 1.29 is 14.0 Å². The number of carbonyl (C=O) groups excluding carboxylic acids is 2. The topological polar surface area (TPSA) is 84.2 Å². The Morgan fingerprint density at radius 3 is 2.69 bits per heavy atom. The maximum absolute atomic E-state index is 12.1. The Kier molecular flexibility index (Phi) is 5.43. The summed E-state index contributed by atoms with van der Waals surface area (Å²) >= 11 is 0. The molecule has 6 heteroatoms. The van der Waals surface area contributed by atoms with Crippen LogP contribution >= 0.6 is 0 Å². The first kappa shape index (κ1) is 17.4. The summed E-state index contributed by atoms with van der Waals surface area (Å²) in [6.07, 6.45) is 3.44. The highest BCUT2D eigenvalue weighted by Crippen LogP contribution is 2.13. The Balaban J connectivity index is 1.54. The summed E-state index contributed by atoms with van der Waals surface area (Å²) in [4.78, 5) is 28.2. The van der Waals surface area contributed by atoms with Crippen LogP contribution in [0.3, 0.4) is 0 Å². The number of pyridine rings is 1. The van der Waals surface area contributed by atoms with Gasteiger partial charge < -0.3 is 15.1 Å². The van der Waals surface area contributed by atoms with E-state index in [9.17, 15) is 9.59 Å². The Morgan fingerprint density at radius 1 is 1.08 bits per heavy atom. The quantitative estimate of drug-likeness (QED) is 0.716. The minimum Gasteiger partial charge on any atom is -0.459 e. The number of furan rings is 1. The largest absolute Gasteiger partial charge is 0.459 e. The summed E-state index contributed by atoms with van der Waals surface area (Å²) in [6, 6.07) is 14.3. The number of rotatable bonds is 6. The molecular weight excluding hydrogens is 330 g/mol. The van der Waals surface area contributed by atoms with Crippen molar-refractivity contribution in [3.05, 3.63) is 83.6 Å². The fourth-order valence-corrected chi connectivity index (χ4v) is 2.41. The zero-order chi connectivity index (χ0) is 18.4. The number of benzene rings is 1. The number of anilines is 1. The zero-order valence-electron chi connectivity index (χ0n) is 14.4. The summed E-state index contributed by atoms with van der Waals surface area (Å²) in [7, 11) is 0. The number of hydrogen-bond acceptors (Lipinski definition) is 4. The average molecular weight is 349 g/mol.